The Bertz CT molecular complexity index is 1280. The molecule has 30 heavy (non-hydrogen) atoms. The van der Waals surface area contributed by atoms with E-state index in [9.17, 15) is 13.2 Å². The van der Waals surface area contributed by atoms with Gasteiger partial charge in [0.25, 0.3) is 0 Å². The van der Waals surface area contributed by atoms with Crippen molar-refractivity contribution in [3.63, 3.8) is 0 Å². The molecule has 0 saturated carbocycles. The lowest BCUT2D eigenvalue weighted by molar-refractivity contribution is 0.511. The molecule has 4 aromatic rings. The summed E-state index contributed by atoms with van der Waals surface area (Å²) in [5, 5.41) is 1.14. The largest absolute Gasteiger partial charge is 0.206 e. The van der Waals surface area contributed by atoms with E-state index >= 15 is 0 Å². The van der Waals surface area contributed by atoms with Crippen molar-refractivity contribution in [2.24, 2.45) is 0 Å². The van der Waals surface area contributed by atoms with Crippen molar-refractivity contribution >= 4 is 10.8 Å². The highest BCUT2D eigenvalue weighted by atomic mass is 19.2. The average molecular weight is 400 g/mol. The van der Waals surface area contributed by atoms with Crippen LogP contribution >= 0.6 is 0 Å². The van der Waals surface area contributed by atoms with Crippen molar-refractivity contribution in [1.82, 2.24) is 0 Å². The fourth-order valence-corrected chi connectivity index (χ4v) is 3.32. The Labute approximate surface area is 174 Å². The van der Waals surface area contributed by atoms with E-state index < -0.39 is 11.6 Å². The minimum Gasteiger partial charge on any atom is -0.206 e. The summed E-state index contributed by atoms with van der Waals surface area (Å²) in [7, 11) is 0. The van der Waals surface area contributed by atoms with Gasteiger partial charge in [-0.1, -0.05) is 53.8 Å². The third-order valence-corrected chi connectivity index (χ3v) is 5.08. The van der Waals surface area contributed by atoms with Crippen molar-refractivity contribution in [3.05, 3.63) is 118 Å². The van der Waals surface area contributed by atoms with Gasteiger partial charge in [0, 0.05) is 5.56 Å². The van der Waals surface area contributed by atoms with E-state index in [-0.39, 0.29) is 5.82 Å². The van der Waals surface area contributed by atoms with Crippen LogP contribution in [0.1, 0.15) is 27.8 Å². The molecule has 0 aliphatic heterocycles. The molecule has 0 unspecified atom stereocenters. The maximum absolute atomic E-state index is 14.5. The van der Waals surface area contributed by atoms with Gasteiger partial charge in [-0.3, -0.25) is 0 Å². The van der Waals surface area contributed by atoms with Crippen molar-refractivity contribution in [2.45, 2.75) is 19.8 Å². The number of benzene rings is 4. The quantitative estimate of drug-likeness (QED) is 0.334. The lowest BCUT2D eigenvalue weighted by Crippen LogP contribution is -1.94. The minimum atomic E-state index is -0.903. The second kappa shape index (κ2) is 8.47. The molecule has 0 heterocycles. The van der Waals surface area contributed by atoms with Crippen molar-refractivity contribution in [2.75, 3.05) is 0 Å². The molecule has 0 aliphatic carbocycles. The molecule has 0 amide bonds. The van der Waals surface area contributed by atoms with Crippen molar-refractivity contribution in [1.29, 1.82) is 0 Å². The van der Waals surface area contributed by atoms with Crippen LogP contribution in [0.15, 0.2) is 72.8 Å². The Morgan fingerprint density at radius 3 is 2.00 bits per heavy atom. The number of hydrogen-bond acceptors (Lipinski definition) is 0. The number of aryl methyl sites for hydroxylation is 3. The molecule has 3 heteroatoms. The van der Waals surface area contributed by atoms with Crippen LogP contribution in [0, 0.1) is 36.2 Å². The van der Waals surface area contributed by atoms with Gasteiger partial charge in [0.15, 0.2) is 11.6 Å². The summed E-state index contributed by atoms with van der Waals surface area (Å²) in [6, 6.07) is 20.8. The second-order valence-electron chi connectivity index (χ2n) is 7.38. The number of fused-ring (bicyclic) bond motifs is 1. The molecule has 0 spiro atoms. The molecule has 0 bridgehead atoms. The summed E-state index contributed by atoms with van der Waals surface area (Å²) in [5.41, 5.74) is 4.27. The summed E-state index contributed by atoms with van der Waals surface area (Å²) in [4.78, 5) is 0. The molecule has 0 N–H and O–H groups in total. The van der Waals surface area contributed by atoms with Gasteiger partial charge in [0.2, 0.25) is 0 Å². The number of halogens is 3. The predicted molar refractivity (Wildman–Crippen MR) is 115 cm³/mol. The molecule has 0 aliphatic rings. The van der Waals surface area contributed by atoms with Gasteiger partial charge in [0.05, 0.1) is 5.56 Å². The molecule has 0 aromatic heterocycles. The topological polar surface area (TPSA) is 0 Å². The molecule has 148 valence electrons. The van der Waals surface area contributed by atoms with Crippen LogP contribution in [0.5, 0.6) is 0 Å². The van der Waals surface area contributed by atoms with Crippen molar-refractivity contribution in [3.8, 4) is 11.8 Å². The first-order valence-electron chi connectivity index (χ1n) is 9.73. The highest BCUT2D eigenvalue weighted by molar-refractivity contribution is 5.84. The summed E-state index contributed by atoms with van der Waals surface area (Å²) in [5.74, 6) is 3.59. The highest BCUT2D eigenvalue weighted by Crippen LogP contribution is 2.20. The minimum absolute atomic E-state index is 0.305. The Balaban J connectivity index is 1.50. The number of rotatable bonds is 3. The lowest BCUT2D eigenvalue weighted by Gasteiger charge is -2.04. The van der Waals surface area contributed by atoms with E-state index in [2.05, 4.69) is 43.0 Å². The van der Waals surface area contributed by atoms with E-state index in [0.29, 0.717) is 21.9 Å². The van der Waals surface area contributed by atoms with E-state index in [1.54, 1.807) is 24.3 Å². The van der Waals surface area contributed by atoms with Crippen LogP contribution in [-0.2, 0) is 12.8 Å². The molecule has 0 atom stereocenters. The van der Waals surface area contributed by atoms with Gasteiger partial charge < -0.3 is 0 Å². The lowest BCUT2D eigenvalue weighted by atomic mass is 10.0. The van der Waals surface area contributed by atoms with Gasteiger partial charge >= 0.3 is 0 Å². The zero-order chi connectivity index (χ0) is 21.1. The summed E-state index contributed by atoms with van der Waals surface area (Å²) in [6.07, 6.45) is 1.60. The van der Waals surface area contributed by atoms with Crippen LogP contribution < -0.4 is 0 Å². The van der Waals surface area contributed by atoms with Crippen LogP contribution in [-0.4, -0.2) is 0 Å². The highest BCUT2D eigenvalue weighted by Gasteiger charge is 2.05. The molecule has 4 aromatic carbocycles. The first-order chi connectivity index (χ1) is 14.5. The van der Waals surface area contributed by atoms with E-state index in [1.165, 1.54) is 17.2 Å². The molecule has 0 saturated heterocycles. The maximum atomic E-state index is 14.5. The molecule has 0 radical (unpaired) electrons. The van der Waals surface area contributed by atoms with Gasteiger partial charge in [-0.25, -0.2) is 13.2 Å². The first-order valence-corrected chi connectivity index (χ1v) is 9.73. The third kappa shape index (κ3) is 4.55. The zero-order valence-electron chi connectivity index (χ0n) is 16.5. The summed E-state index contributed by atoms with van der Waals surface area (Å²) < 4.78 is 41.3. The smallest absolute Gasteiger partial charge is 0.159 e. The fraction of sp³-hybridized carbons (Fsp3) is 0.111. The second-order valence-corrected chi connectivity index (χ2v) is 7.38. The Kier molecular flexibility index (Phi) is 5.59. The summed E-state index contributed by atoms with van der Waals surface area (Å²) in [6.45, 7) is 2.05. The fourth-order valence-electron chi connectivity index (χ4n) is 3.32. The normalized spacial score (nSPS) is 10.7. The average Bonchev–Trinajstić information content (AvgIpc) is 2.73. The third-order valence-electron chi connectivity index (χ3n) is 5.08. The Morgan fingerprint density at radius 2 is 1.27 bits per heavy atom. The van der Waals surface area contributed by atoms with E-state index in [1.807, 2.05) is 6.07 Å². The predicted octanol–water partition coefficient (Wildman–Crippen LogP) is 6.75. The first kappa shape index (κ1) is 19.8. The van der Waals surface area contributed by atoms with E-state index in [4.69, 9.17) is 0 Å². The number of hydrogen-bond donors (Lipinski definition) is 0. The van der Waals surface area contributed by atoms with Crippen molar-refractivity contribution < 1.29 is 13.2 Å². The van der Waals surface area contributed by atoms with Crippen LogP contribution in [0.3, 0.4) is 0 Å². The van der Waals surface area contributed by atoms with Gasteiger partial charge in [-0.05, 0) is 78.1 Å². The standard InChI is InChI=1S/C27H19F3/c1-18-2-4-19(5-3-18)6-7-21-9-12-22(25(28)15-21)11-8-20-10-13-23-16-26(29)27(30)17-24(23)14-20/h2-5,9-10,12-17H,6-7H2,1H3. The van der Waals surface area contributed by atoms with Gasteiger partial charge in [-0.15, -0.1) is 0 Å². The Morgan fingerprint density at radius 1 is 0.600 bits per heavy atom. The monoisotopic (exact) mass is 400 g/mol. The zero-order valence-corrected chi connectivity index (χ0v) is 16.5. The van der Waals surface area contributed by atoms with Gasteiger partial charge in [0.1, 0.15) is 5.82 Å². The molecule has 4 rings (SSSR count). The SMILES string of the molecule is Cc1ccc(CCc2ccc(C#Cc3ccc4cc(F)c(F)cc4c3)c(F)c2)cc1. The molecular weight excluding hydrogens is 381 g/mol. The van der Waals surface area contributed by atoms with Crippen LogP contribution in [0.25, 0.3) is 10.8 Å². The van der Waals surface area contributed by atoms with Crippen LogP contribution in [0.2, 0.25) is 0 Å². The molecular formula is C27H19F3. The Hall–Kier alpha value is -3.51. The maximum Gasteiger partial charge on any atom is 0.159 e. The summed E-state index contributed by atoms with van der Waals surface area (Å²) >= 11 is 0. The van der Waals surface area contributed by atoms with Gasteiger partial charge in [-0.2, -0.15) is 0 Å². The molecule has 0 nitrogen and oxygen atoms in total. The van der Waals surface area contributed by atoms with Crippen LogP contribution in [0.4, 0.5) is 13.2 Å². The van der Waals surface area contributed by atoms with E-state index in [0.717, 1.165) is 30.5 Å². The molecule has 0 fully saturated rings.